The quantitative estimate of drug-likeness (QED) is 0.660. The van der Waals surface area contributed by atoms with Crippen molar-refractivity contribution in [2.75, 3.05) is 0 Å². The highest BCUT2D eigenvalue weighted by Gasteiger charge is 2.24. The van der Waals surface area contributed by atoms with Gasteiger partial charge in [0.15, 0.2) is 6.29 Å². The zero-order valence-corrected chi connectivity index (χ0v) is 7.49. The molecular weight excluding hydrogens is 166 g/mol. The summed E-state index contributed by atoms with van der Waals surface area (Å²) in [6.07, 6.45) is 5.01. The summed E-state index contributed by atoms with van der Waals surface area (Å²) in [5.41, 5.74) is 1.42. The maximum Gasteiger partial charge on any atom is 0.168 e. The topological polar surface area (TPSA) is 39.2 Å². The third-order valence-corrected chi connectivity index (χ3v) is 2.01. The molecular formula is C10H11NO2. The first-order valence-corrected chi connectivity index (χ1v) is 4.38. The Balaban J connectivity index is 2.24. The van der Waals surface area contributed by atoms with Crippen molar-refractivity contribution >= 4 is 6.29 Å². The van der Waals surface area contributed by atoms with Gasteiger partial charge in [0.2, 0.25) is 0 Å². The van der Waals surface area contributed by atoms with Gasteiger partial charge >= 0.3 is 0 Å². The van der Waals surface area contributed by atoms with Crippen LogP contribution in [0.1, 0.15) is 28.9 Å². The minimum atomic E-state index is 0.362. The lowest BCUT2D eigenvalue weighted by atomic mass is 10.2. The predicted molar refractivity (Wildman–Crippen MR) is 48.0 cm³/mol. The molecule has 0 bridgehead atoms. The molecule has 68 valence electrons. The minimum Gasteiger partial charge on any atom is -0.490 e. The molecule has 1 fully saturated rings. The molecule has 0 aliphatic heterocycles. The lowest BCUT2D eigenvalue weighted by Gasteiger charge is -2.07. The second-order valence-electron chi connectivity index (χ2n) is 3.31. The van der Waals surface area contributed by atoms with Crippen LogP contribution in [-0.4, -0.2) is 17.4 Å². The standard InChI is InChI=1S/C10H11NO2/c1-7-5-11-8(6-12)4-10(7)13-9-2-3-9/h4-6,9H,2-3H2,1H3. The van der Waals surface area contributed by atoms with Gasteiger partial charge in [-0.1, -0.05) is 0 Å². The van der Waals surface area contributed by atoms with E-state index in [1.807, 2.05) is 6.92 Å². The highest BCUT2D eigenvalue weighted by atomic mass is 16.5. The van der Waals surface area contributed by atoms with Crippen LogP contribution in [0, 0.1) is 6.92 Å². The van der Waals surface area contributed by atoms with Crippen molar-refractivity contribution < 1.29 is 9.53 Å². The van der Waals surface area contributed by atoms with E-state index in [-0.39, 0.29) is 0 Å². The highest BCUT2D eigenvalue weighted by molar-refractivity contribution is 5.72. The first-order valence-electron chi connectivity index (χ1n) is 4.38. The molecule has 0 saturated heterocycles. The Morgan fingerprint density at radius 3 is 3.00 bits per heavy atom. The van der Waals surface area contributed by atoms with Gasteiger partial charge in [0.1, 0.15) is 11.4 Å². The van der Waals surface area contributed by atoms with Crippen LogP contribution in [0.15, 0.2) is 12.3 Å². The summed E-state index contributed by atoms with van der Waals surface area (Å²) in [5.74, 6) is 0.791. The molecule has 13 heavy (non-hydrogen) atoms. The molecule has 0 N–H and O–H groups in total. The van der Waals surface area contributed by atoms with Crippen LogP contribution < -0.4 is 4.74 Å². The summed E-state index contributed by atoms with van der Waals surface area (Å²) in [6, 6.07) is 1.70. The summed E-state index contributed by atoms with van der Waals surface area (Å²) in [7, 11) is 0. The number of hydrogen-bond donors (Lipinski definition) is 0. The molecule has 0 aromatic carbocycles. The molecule has 2 rings (SSSR count). The summed E-state index contributed by atoms with van der Waals surface area (Å²) < 4.78 is 5.60. The Morgan fingerprint density at radius 1 is 1.62 bits per heavy atom. The van der Waals surface area contributed by atoms with Gasteiger partial charge in [-0.15, -0.1) is 0 Å². The first kappa shape index (κ1) is 8.23. The van der Waals surface area contributed by atoms with E-state index >= 15 is 0 Å². The number of aldehydes is 1. The van der Waals surface area contributed by atoms with Crippen LogP contribution in [0.25, 0.3) is 0 Å². The average Bonchev–Trinajstić information content (AvgIpc) is 2.93. The summed E-state index contributed by atoms with van der Waals surface area (Å²) in [6.45, 7) is 1.93. The average molecular weight is 177 g/mol. The van der Waals surface area contributed by atoms with Crippen molar-refractivity contribution in [1.82, 2.24) is 4.98 Å². The van der Waals surface area contributed by atoms with E-state index in [1.54, 1.807) is 12.3 Å². The number of pyridine rings is 1. The zero-order chi connectivity index (χ0) is 9.26. The van der Waals surface area contributed by atoms with E-state index in [9.17, 15) is 4.79 Å². The number of carbonyl (C=O) groups is 1. The molecule has 0 amide bonds. The van der Waals surface area contributed by atoms with Crippen molar-refractivity contribution in [2.24, 2.45) is 0 Å². The Bertz CT molecular complexity index is 332. The number of carbonyl (C=O) groups excluding carboxylic acids is 1. The minimum absolute atomic E-state index is 0.362. The molecule has 1 aromatic rings. The molecule has 0 atom stereocenters. The SMILES string of the molecule is Cc1cnc(C=O)cc1OC1CC1. The summed E-state index contributed by atoms with van der Waals surface area (Å²) in [4.78, 5) is 14.4. The lowest BCUT2D eigenvalue weighted by Crippen LogP contribution is -1.99. The highest BCUT2D eigenvalue weighted by Crippen LogP contribution is 2.28. The van der Waals surface area contributed by atoms with Crippen LogP contribution in [0.5, 0.6) is 5.75 Å². The number of ether oxygens (including phenoxy) is 1. The van der Waals surface area contributed by atoms with Gasteiger partial charge in [-0.3, -0.25) is 9.78 Å². The molecule has 3 heteroatoms. The second kappa shape index (κ2) is 3.17. The fourth-order valence-electron chi connectivity index (χ4n) is 1.08. The molecule has 0 radical (unpaired) electrons. The number of hydrogen-bond acceptors (Lipinski definition) is 3. The fraction of sp³-hybridized carbons (Fsp3) is 0.400. The van der Waals surface area contributed by atoms with Gasteiger partial charge < -0.3 is 4.74 Å². The molecule has 3 nitrogen and oxygen atoms in total. The van der Waals surface area contributed by atoms with E-state index in [0.29, 0.717) is 11.8 Å². The van der Waals surface area contributed by atoms with Gasteiger partial charge in [-0.2, -0.15) is 0 Å². The predicted octanol–water partition coefficient (Wildman–Crippen LogP) is 1.74. The van der Waals surface area contributed by atoms with Gasteiger partial charge in [0, 0.05) is 17.8 Å². The molecule has 1 saturated carbocycles. The first-order chi connectivity index (χ1) is 6.29. The molecule has 1 heterocycles. The monoisotopic (exact) mass is 177 g/mol. The van der Waals surface area contributed by atoms with Gasteiger partial charge in [0.25, 0.3) is 0 Å². The van der Waals surface area contributed by atoms with Gasteiger partial charge in [-0.25, -0.2) is 0 Å². The third-order valence-electron chi connectivity index (χ3n) is 2.01. The van der Waals surface area contributed by atoms with Crippen LogP contribution >= 0.6 is 0 Å². The molecule has 1 aromatic heterocycles. The molecule has 0 unspecified atom stereocenters. The number of aryl methyl sites for hydroxylation is 1. The smallest absolute Gasteiger partial charge is 0.168 e. The van der Waals surface area contributed by atoms with Crippen LogP contribution in [0.3, 0.4) is 0 Å². The third kappa shape index (κ3) is 1.86. The number of nitrogens with zero attached hydrogens (tertiary/aromatic N) is 1. The van der Waals surface area contributed by atoms with Crippen LogP contribution in [0.4, 0.5) is 0 Å². The summed E-state index contributed by atoms with van der Waals surface area (Å²) in [5, 5.41) is 0. The van der Waals surface area contributed by atoms with E-state index in [2.05, 4.69) is 4.98 Å². The molecule has 1 aliphatic rings. The van der Waals surface area contributed by atoms with Crippen molar-refractivity contribution in [2.45, 2.75) is 25.9 Å². The maximum atomic E-state index is 10.5. The largest absolute Gasteiger partial charge is 0.490 e. The lowest BCUT2D eigenvalue weighted by molar-refractivity contribution is 0.111. The second-order valence-corrected chi connectivity index (χ2v) is 3.31. The van der Waals surface area contributed by atoms with Gasteiger partial charge in [-0.05, 0) is 19.8 Å². The Morgan fingerprint density at radius 2 is 2.38 bits per heavy atom. The Kier molecular flexibility index (Phi) is 2.00. The van der Waals surface area contributed by atoms with E-state index < -0.39 is 0 Å². The Hall–Kier alpha value is -1.38. The van der Waals surface area contributed by atoms with E-state index in [0.717, 1.165) is 30.4 Å². The Labute approximate surface area is 76.7 Å². The number of aromatic nitrogens is 1. The fourth-order valence-corrected chi connectivity index (χ4v) is 1.08. The van der Waals surface area contributed by atoms with Crippen molar-refractivity contribution in [3.8, 4) is 5.75 Å². The zero-order valence-electron chi connectivity index (χ0n) is 7.49. The normalized spacial score (nSPS) is 15.5. The molecule has 0 spiro atoms. The van der Waals surface area contributed by atoms with E-state index in [1.165, 1.54) is 0 Å². The van der Waals surface area contributed by atoms with E-state index in [4.69, 9.17) is 4.74 Å². The van der Waals surface area contributed by atoms with Crippen LogP contribution in [0.2, 0.25) is 0 Å². The summed E-state index contributed by atoms with van der Waals surface area (Å²) >= 11 is 0. The maximum absolute atomic E-state index is 10.5. The number of rotatable bonds is 3. The molecule has 1 aliphatic carbocycles. The van der Waals surface area contributed by atoms with Gasteiger partial charge in [0.05, 0.1) is 6.10 Å². The van der Waals surface area contributed by atoms with Crippen LogP contribution in [-0.2, 0) is 0 Å². The van der Waals surface area contributed by atoms with Crippen molar-refractivity contribution in [3.63, 3.8) is 0 Å². The van der Waals surface area contributed by atoms with Crippen molar-refractivity contribution in [3.05, 3.63) is 23.5 Å². The van der Waals surface area contributed by atoms with Crippen molar-refractivity contribution in [1.29, 1.82) is 0 Å².